The lowest BCUT2D eigenvalue weighted by atomic mass is 10.3. The highest BCUT2D eigenvalue weighted by atomic mass is 35.5. The molecule has 14 heavy (non-hydrogen) atoms. The van der Waals surface area contributed by atoms with E-state index in [9.17, 15) is 4.79 Å². The predicted octanol–water partition coefficient (Wildman–Crippen LogP) is 2.49. The molecular formula is C11H8ClNO. The molecule has 0 unspecified atom stereocenters. The van der Waals surface area contributed by atoms with Crippen molar-refractivity contribution in [1.82, 2.24) is 4.57 Å². The van der Waals surface area contributed by atoms with Gasteiger partial charge >= 0.3 is 0 Å². The molecule has 0 aliphatic carbocycles. The molecule has 70 valence electrons. The van der Waals surface area contributed by atoms with E-state index in [4.69, 9.17) is 11.6 Å². The summed E-state index contributed by atoms with van der Waals surface area (Å²) in [7, 11) is 0. The minimum atomic E-state index is -0.0828. The third-order valence-electron chi connectivity index (χ3n) is 1.91. The second-order valence-corrected chi connectivity index (χ2v) is 3.33. The van der Waals surface area contributed by atoms with Crippen molar-refractivity contribution in [3.8, 4) is 5.69 Å². The van der Waals surface area contributed by atoms with Gasteiger partial charge in [0.2, 0.25) is 0 Å². The van der Waals surface area contributed by atoms with E-state index in [0.717, 1.165) is 5.69 Å². The lowest BCUT2D eigenvalue weighted by Crippen LogP contribution is -2.15. The Balaban J connectivity index is 2.63. The fourth-order valence-electron chi connectivity index (χ4n) is 1.25. The number of halogens is 1. The van der Waals surface area contributed by atoms with Crippen molar-refractivity contribution in [2.45, 2.75) is 0 Å². The Morgan fingerprint density at radius 1 is 1.00 bits per heavy atom. The van der Waals surface area contributed by atoms with Crippen molar-refractivity contribution in [2.24, 2.45) is 0 Å². The molecule has 3 heteroatoms. The Morgan fingerprint density at radius 2 is 1.71 bits per heavy atom. The quantitative estimate of drug-likeness (QED) is 0.701. The molecule has 1 heterocycles. The van der Waals surface area contributed by atoms with Crippen molar-refractivity contribution in [3.05, 3.63) is 64.0 Å². The molecule has 0 saturated carbocycles. The fourth-order valence-corrected chi connectivity index (χ4v) is 1.41. The van der Waals surface area contributed by atoms with Crippen LogP contribution in [-0.4, -0.2) is 4.57 Å². The Hall–Kier alpha value is -1.54. The minimum Gasteiger partial charge on any atom is -0.283 e. The Kier molecular flexibility index (Phi) is 2.37. The van der Waals surface area contributed by atoms with E-state index < -0.39 is 0 Å². The topological polar surface area (TPSA) is 22.0 Å². The molecule has 0 aliphatic rings. The SMILES string of the molecule is O=c1ccc(Cl)cn1-c1ccccc1. The summed E-state index contributed by atoms with van der Waals surface area (Å²) in [5.74, 6) is 0. The highest BCUT2D eigenvalue weighted by molar-refractivity contribution is 6.30. The number of benzene rings is 1. The molecule has 0 fully saturated rings. The first-order chi connectivity index (χ1) is 6.77. The molecule has 0 amide bonds. The number of hydrogen-bond acceptors (Lipinski definition) is 1. The highest BCUT2D eigenvalue weighted by Gasteiger charge is 1.98. The first-order valence-corrected chi connectivity index (χ1v) is 4.59. The zero-order valence-corrected chi connectivity index (χ0v) is 8.11. The van der Waals surface area contributed by atoms with Crippen LogP contribution in [0.3, 0.4) is 0 Å². The summed E-state index contributed by atoms with van der Waals surface area (Å²) in [5.41, 5.74) is 0.737. The number of hydrogen-bond donors (Lipinski definition) is 0. The van der Waals surface area contributed by atoms with Gasteiger partial charge in [-0.2, -0.15) is 0 Å². The van der Waals surface area contributed by atoms with Crippen LogP contribution in [0.5, 0.6) is 0 Å². The summed E-state index contributed by atoms with van der Waals surface area (Å²) >= 11 is 5.81. The van der Waals surface area contributed by atoms with Gasteiger partial charge in [0.15, 0.2) is 0 Å². The van der Waals surface area contributed by atoms with Gasteiger partial charge in [-0.3, -0.25) is 9.36 Å². The molecule has 1 aromatic heterocycles. The predicted molar refractivity (Wildman–Crippen MR) is 57.0 cm³/mol. The summed E-state index contributed by atoms with van der Waals surface area (Å²) in [4.78, 5) is 11.5. The molecule has 1 aromatic carbocycles. The average Bonchev–Trinajstić information content (AvgIpc) is 2.23. The standard InChI is InChI=1S/C11H8ClNO/c12-9-6-7-11(14)13(8-9)10-4-2-1-3-5-10/h1-8H. The van der Waals surface area contributed by atoms with Crippen LogP contribution in [-0.2, 0) is 0 Å². The minimum absolute atomic E-state index is 0.0828. The normalized spacial score (nSPS) is 10.1. The highest BCUT2D eigenvalue weighted by Crippen LogP contribution is 2.08. The van der Waals surface area contributed by atoms with Gasteiger partial charge in [0.25, 0.3) is 5.56 Å². The van der Waals surface area contributed by atoms with Crippen LogP contribution in [0, 0.1) is 0 Å². The number of rotatable bonds is 1. The zero-order valence-electron chi connectivity index (χ0n) is 7.35. The zero-order chi connectivity index (χ0) is 9.97. The first-order valence-electron chi connectivity index (χ1n) is 4.21. The van der Waals surface area contributed by atoms with Crippen LogP contribution in [0.2, 0.25) is 5.02 Å². The average molecular weight is 206 g/mol. The first kappa shape index (κ1) is 9.03. The van der Waals surface area contributed by atoms with Gasteiger partial charge in [0.05, 0.1) is 5.02 Å². The molecule has 0 saturated heterocycles. The Morgan fingerprint density at radius 3 is 2.43 bits per heavy atom. The van der Waals surface area contributed by atoms with E-state index in [1.165, 1.54) is 10.6 Å². The van der Waals surface area contributed by atoms with Crippen molar-refractivity contribution in [2.75, 3.05) is 0 Å². The third-order valence-corrected chi connectivity index (χ3v) is 2.13. The van der Waals surface area contributed by atoms with Crippen molar-refractivity contribution >= 4 is 11.6 Å². The Labute approximate surface area is 86.4 Å². The molecule has 0 spiro atoms. The lowest BCUT2D eigenvalue weighted by Gasteiger charge is -2.04. The monoisotopic (exact) mass is 205 g/mol. The molecule has 2 rings (SSSR count). The van der Waals surface area contributed by atoms with Crippen LogP contribution in [0.25, 0.3) is 5.69 Å². The largest absolute Gasteiger partial charge is 0.283 e. The summed E-state index contributed by atoms with van der Waals surface area (Å²) in [6.45, 7) is 0. The molecule has 0 N–H and O–H groups in total. The van der Waals surface area contributed by atoms with Gasteiger partial charge in [-0.25, -0.2) is 0 Å². The molecular weight excluding hydrogens is 198 g/mol. The van der Waals surface area contributed by atoms with Gasteiger partial charge in [-0.05, 0) is 18.2 Å². The number of pyridine rings is 1. The van der Waals surface area contributed by atoms with Gasteiger partial charge in [-0.15, -0.1) is 0 Å². The number of aromatic nitrogens is 1. The number of para-hydroxylation sites is 1. The van der Waals surface area contributed by atoms with E-state index in [2.05, 4.69) is 0 Å². The van der Waals surface area contributed by atoms with Crippen LogP contribution in [0.1, 0.15) is 0 Å². The van der Waals surface area contributed by atoms with Gasteiger partial charge in [0.1, 0.15) is 0 Å². The molecule has 0 radical (unpaired) electrons. The molecule has 0 atom stereocenters. The molecule has 0 bridgehead atoms. The van der Waals surface area contributed by atoms with E-state index in [-0.39, 0.29) is 5.56 Å². The van der Waals surface area contributed by atoms with Gasteiger partial charge in [-0.1, -0.05) is 29.8 Å². The molecule has 0 aliphatic heterocycles. The van der Waals surface area contributed by atoms with Crippen molar-refractivity contribution in [3.63, 3.8) is 0 Å². The van der Waals surface area contributed by atoms with Crippen LogP contribution in [0.4, 0.5) is 0 Å². The van der Waals surface area contributed by atoms with Gasteiger partial charge in [0, 0.05) is 18.0 Å². The maximum absolute atomic E-state index is 11.5. The maximum atomic E-state index is 11.5. The van der Waals surface area contributed by atoms with Crippen LogP contribution < -0.4 is 5.56 Å². The van der Waals surface area contributed by atoms with E-state index in [1.807, 2.05) is 30.3 Å². The van der Waals surface area contributed by atoms with E-state index in [1.54, 1.807) is 12.3 Å². The summed E-state index contributed by atoms with van der Waals surface area (Å²) in [6, 6.07) is 12.4. The van der Waals surface area contributed by atoms with Crippen molar-refractivity contribution < 1.29 is 0 Å². The van der Waals surface area contributed by atoms with E-state index >= 15 is 0 Å². The number of nitrogens with zero attached hydrogens (tertiary/aromatic N) is 1. The van der Waals surface area contributed by atoms with E-state index in [0.29, 0.717) is 5.02 Å². The van der Waals surface area contributed by atoms with Crippen LogP contribution >= 0.6 is 11.6 Å². The molecule has 2 aromatic rings. The maximum Gasteiger partial charge on any atom is 0.255 e. The summed E-state index contributed by atoms with van der Waals surface area (Å²) < 4.78 is 1.52. The second kappa shape index (κ2) is 3.68. The molecule has 2 nitrogen and oxygen atoms in total. The lowest BCUT2D eigenvalue weighted by molar-refractivity contribution is 0.991. The van der Waals surface area contributed by atoms with Crippen molar-refractivity contribution in [1.29, 1.82) is 0 Å². The fraction of sp³-hybridized carbons (Fsp3) is 0. The summed E-state index contributed by atoms with van der Waals surface area (Å²) in [6.07, 6.45) is 1.61. The smallest absolute Gasteiger partial charge is 0.255 e. The third kappa shape index (κ3) is 1.70. The summed E-state index contributed by atoms with van der Waals surface area (Å²) in [5, 5.41) is 0.549. The Bertz CT molecular complexity index is 490. The second-order valence-electron chi connectivity index (χ2n) is 2.89. The van der Waals surface area contributed by atoms with Crippen LogP contribution in [0.15, 0.2) is 53.5 Å². The van der Waals surface area contributed by atoms with Gasteiger partial charge < -0.3 is 0 Å².